The Balaban J connectivity index is 2.78. The van der Waals surface area contributed by atoms with Gasteiger partial charge in [-0.15, -0.1) is 0 Å². The summed E-state index contributed by atoms with van der Waals surface area (Å²) in [6, 6.07) is 5.12. The molecular weight excluding hydrogens is 220 g/mol. The molecular formula is C13H18O4. The van der Waals surface area contributed by atoms with E-state index in [0.29, 0.717) is 30.1 Å². The highest BCUT2D eigenvalue weighted by Gasteiger charge is 2.14. The lowest BCUT2D eigenvalue weighted by atomic mass is 10.1. The molecule has 1 N–H and O–H groups in total. The lowest BCUT2D eigenvalue weighted by Crippen LogP contribution is -2.22. The summed E-state index contributed by atoms with van der Waals surface area (Å²) in [6.07, 6.45) is 1.20. The Labute approximate surface area is 101 Å². The van der Waals surface area contributed by atoms with Gasteiger partial charge in [-0.2, -0.15) is 0 Å². The summed E-state index contributed by atoms with van der Waals surface area (Å²) in [5.74, 6) is 0.944. The summed E-state index contributed by atoms with van der Waals surface area (Å²) in [5, 5.41) is 9.57. The summed E-state index contributed by atoms with van der Waals surface area (Å²) in [7, 11) is 1.52. The zero-order valence-corrected chi connectivity index (χ0v) is 10.4. The molecule has 0 amide bonds. The van der Waals surface area contributed by atoms with E-state index in [0.717, 1.165) is 6.29 Å². The third kappa shape index (κ3) is 4.07. The fraction of sp³-hybridized carbons (Fsp3) is 0.462. The number of carbonyl (C=O) groups excluding carboxylic acids is 1. The second kappa shape index (κ2) is 5.68. The van der Waals surface area contributed by atoms with E-state index in [1.807, 2.05) is 0 Å². The molecule has 94 valence electrons. The van der Waals surface area contributed by atoms with Gasteiger partial charge in [0.2, 0.25) is 0 Å². The van der Waals surface area contributed by atoms with Gasteiger partial charge in [0.05, 0.1) is 24.9 Å². The molecule has 0 aliphatic rings. The molecule has 4 heteroatoms. The van der Waals surface area contributed by atoms with Crippen molar-refractivity contribution < 1.29 is 19.4 Å². The normalized spacial score (nSPS) is 11.1. The number of aldehydes is 1. The molecule has 0 radical (unpaired) electrons. The monoisotopic (exact) mass is 238 g/mol. The zero-order chi connectivity index (χ0) is 12.9. The Kier molecular flexibility index (Phi) is 4.52. The van der Waals surface area contributed by atoms with Gasteiger partial charge in [-0.05, 0) is 26.0 Å². The van der Waals surface area contributed by atoms with E-state index in [-0.39, 0.29) is 0 Å². The Bertz CT molecular complexity index is 379. The molecule has 0 aromatic heterocycles. The van der Waals surface area contributed by atoms with E-state index in [2.05, 4.69) is 0 Å². The largest absolute Gasteiger partial charge is 0.493 e. The fourth-order valence-corrected chi connectivity index (χ4v) is 1.34. The highest BCUT2D eigenvalue weighted by Crippen LogP contribution is 2.30. The standard InChI is InChI=1S/C13H18O4/c1-13(2,15)7-8-17-12-10(9-14)5-4-6-11(12)16-3/h4-6,9,15H,7-8H2,1-3H3. The molecule has 0 aliphatic heterocycles. The van der Waals surface area contributed by atoms with E-state index in [1.165, 1.54) is 7.11 Å². The predicted molar refractivity (Wildman–Crippen MR) is 64.8 cm³/mol. The van der Waals surface area contributed by atoms with E-state index in [1.54, 1.807) is 32.0 Å². The van der Waals surface area contributed by atoms with Gasteiger partial charge >= 0.3 is 0 Å². The van der Waals surface area contributed by atoms with Gasteiger partial charge in [-0.3, -0.25) is 4.79 Å². The Morgan fingerprint density at radius 2 is 2.12 bits per heavy atom. The van der Waals surface area contributed by atoms with Crippen molar-refractivity contribution >= 4 is 6.29 Å². The number of ether oxygens (including phenoxy) is 2. The summed E-state index contributed by atoms with van der Waals surface area (Å²) in [6.45, 7) is 3.74. The van der Waals surface area contributed by atoms with Crippen LogP contribution in [0.3, 0.4) is 0 Å². The van der Waals surface area contributed by atoms with Crippen LogP contribution in [0.5, 0.6) is 11.5 Å². The third-order valence-electron chi connectivity index (χ3n) is 2.32. The number of para-hydroxylation sites is 1. The minimum atomic E-state index is -0.788. The number of hydrogen-bond acceptors (Lipinski definition) is 4. The molecule has 0 spiro atoms. The van der Waals surface area contributed by atoms with Crippen LogP contribution < -0.4 is 9.47 Å². The van der Waals surface area contributed by atoms with Crippen LogP contribution in [0.25, 0.3) is 0 Å². The second-order valence-corrected chi connectivity index (χ2v) is 4.41. The van der Waals surface area contributed by atoms with Crippen molar-refractivity contribution in [3.63, 3.8) is 0 Å². The number of aliphatic hydroxyl groups is 1. The number of methoxy groups -OCH3 is 1. The zero-order valence-electron chi connectivity index (χ0n) is 10.4. The van der Waals surface area contributed by atoms with Gasteiger partial charge in [-0.1, -0.05) is 6.07 Å². The van der Waals surface area contributed by atoms with E-state index in [9.17, 15) is 9.90 Å². The van der Waals surface area contributed by atoms with Crippen LogP contribution in [0.1, 0.15) is 30.6 Å². The van der Waals surface area contributed by atoms with Crippen LogP contribution in [-0.2, 0) is 0 Å². The van der Waals surface area contributed by atoms with Gasteiger partial charge in [0.25, 0.3) is 0 Å². The van der Waals surface area contributed by atoms with Crippen LogP contribution in [0.2, 0.25) is 0 Å². The molecule has 0 aliphatic carbocycles. The Morgan fingerprint density at radius 3 is 2.65 bits per heavy atom. The van der Waals surface area contributed by atoms with Gasteiger partial charge < -0.3 is 14.6 Å². The lowest BCUT2D eigenvalue weighted by Gasteiger charge is -2.18. The molecule has 0 saturated carbocycles. The van der Waals surface area contributed by atoms with E-state index < -0.39 is 5.60 Å². The first kappa shape index (κ1) is 13.5. The third-order valence-corrected chi connectivity index (χ3v) is 2.32. The van der Waals surface area contributed by atoms with E-state index in [4.69, 9.17) is 9.47 Å². The summed E-state index contributed by atoms with van der Waals surface area (Å²) in [5.41, 5.74) is -0.344. The lowest BCUT2D eigenvalue weighted by molar-refractivity contribution is 0.0548. The quantitative estimate of drug-likeness (QED) is 0.771. The molecule has 0 saturated heterocycles. The first-order valence-corrected chi connectivity index (χ1v) is 5.45. The molecule has 1 aromatic rings. The van der Waals surface area contributed by atoms with Crippen molar-refractivity contribution in [2.24, 2.45) is 0 Å². The average Bonchev–Trinajstić information content (AvgIpc) is 2.27. The second-order valence-electron chi connectivity index (χ2n) is 4.41. The van der Waals surface area contributed by atoms with Crippen molar-refractivity contribution in [3.8, 4) is 11.5 Å². The minimum absolute atomic E-state index is 0.324. The molecule has 1 rings (SSSR count). The number of rotatable bonds is 6. The minimum Gasteiger partial charge on any atom is -0.493 e. The first-order valence-electron chi connectivity index (χ1n) is 5.45. The SMILES string of the molecule is COc1cccc(C=O)c1OCCC(C)(C)O. The molecule has 0 bridgehead atoms. The maximum atomic E-state index is 10.9. The Hall–Kier alpha value is -1.55. The maximum Gasteiger partial charge on any atom is 0.171 e. The summed E-state index contributed by atoms with van der Waals surface area (Å²) in [4.78, 5) is 10.9. The summed E-state index contributed by atoms with van der Waals surface area (Å²) >= 11 is 0. The van der Waals surface area contributed by atoms with Gasteiger partial charge in [0.1, 0.15) is 0 Å². The van der Waals surface area contributed by atoms with Crippen LogP contribution >= 0.6 is 0 Å². The van der Waals surface area contributed by atoms with Gasteiger partial charge in [-0.25, -0.2) is 0 Å². The van der Waals surface area contributed by atoms with E-state index >= 15 is 0 Å². The van der Waals surface area contributed by atoms with Crippen molar-refractivity contribution in [1.82, 2.24) is 0 Å². The fourth-order valence-electron chi connectivity index (χ4n) is 1.34. The maximum absolute atomic E-state index is 10.9. The smallest absolute Gasteiger partial charge is 0.171 e. The molecule has 0 heterocycles. The van der Waals surface area contributed by atoms with Crippen LogP contribution in [0.15, 0.2) is 18.2 Å². The number of hydrogen-bond donors (Lipinski definition) is 1. The highest BCUT2D eigenvalue weighted by molar-refractivity contribution is 5.81. The first-order chi connectivity index (χ1) is 7.98. The number of benzene rings is 1. The molecule has 0 unspecified atom stereocenters. The highest BCUT2D eigenvalue weighted by atomic mass is 16.5. The molecule has 1 aromatic carbocycles. The van der Waals surface area contributed by atoms with Crippen molar-refractivity contribution in [2.75, 3.05) is 13.7 Å². The molecule has 17 heavy (non-hydrogen) atoms. The van der Waals surface area contributed by atoms with Gasteiger partial charge in [0, 0.05) is 6.42 Å². The van der Waals surface area contributed by atoms with Crippen LogP contribution in [0, 0.1) is 0 Å². The average molecular weight is 238 g/mol. The molecule has 4 nitrogen and oxygen atoms in total. The predicted octanol–water partition coefficient (Wildman–Crippen LogP) is 2.05. The molecule has 0 fully saturated rings. The molecule has 0 atom stereocenters. The van der Waals surface area contributed by atoms with Crippen molar-refractivity contribution in [1.29, 1.82) is 0 Å². The Morgan fingerprint density at radius 1 is 1.41 bits per heavy atom. The topological polar surface area (TPSA) is 55.8 Å². The van der Waals surface area contributed by atoms with Crippen molar-refractivity contribution in [3.05, 3.63) is 23.8 Å². The van der Waals surface area contributed by atoms with Gasteiger partial charge in [0.15, 0.2) is 17.8 Å². The summed E-state index contributed by atoms with van der Waals surface area (Å²) < 4.78 is 10.6. The van der Waals surface area contributed by atoms with Crippen LogP contribution in [-0.4, -0.2) is 30.7 Å². The number of carbonyl (C=O) groups is 1. The van der Waals surface area contributed by atoms with Crippen LogP contribution in [0.4, 0.5) is 0 Å². The van der Waals surface area contributed by atoms with Crippen molar-refractivity contribution in [2.45, 2.75) is 25.9 Å².